The van der Waals surface area contributed by atoms with Gasteiger partial charge in [-0.05, 0) is 13.8 Å². The molecule has 0 amide bonds. The first kappa shape index (κ1) is 12.5. The van der Waals surface area contributed by atoms with Crippen molar-refractivity contribution < 1.29 is 42.5 Å². The summed E-state index contributed by atoms with van der Waals surface area (Å²) in [5.74, 6) is 0. The fraction of sp³-hybridized carbons (Fsp3) is 1.00. The standard InChI is InChI=1S/C3H9NO3S.Na/c1-3(2)4-8(5,6)7;/h3-4H,1-2H3,(H,5,6,7);/q;+1/p-1. The third kappa shape index (κ3) is 12.1. The molecule has 1 N–H and O–H groups in total. The molecule has 0 atom stereocenters. The molecule has 0 radical (unpaired) electrons. The molecule has 0 aliphatic carbocycles. The normalized spacial score (nSPS) is 11.1. The molecule has 0 aliphatic rings. The second-order valence-electron chi connectivity index (χ2n) is 1.73. The first-order chi connectivity index (χ1) is 3.42. The van der Waals surface area contributed by atoms with Gasteiger partial charge < -0.3 is 4.55 Å². The molecule has 0 saturated heterocycles. The van der Waals surface area contributed by atoms with Crippen LogP contribution in [0.3, 0.4) is 0 Å². The second kappa shape index (κ2) is 4.65. The van der Waals surface area contributed by atoms with E-state index < -0.39 is 10.3 Å². The van der Waals surface area contributed by atoms with Gasteiger partial charge in [-0.2, -0.15) is 0 Å². The molecule has 0 heterocycles. The number of hydrogen-bond donors (Lipinski definition) is 1. The van der Waals surface area contributed by atoms with Gasteiger partial charge in [0.25, 0.3) is 0 Å². The van der Waals surface area contributed by atoms with Gasteiger partial charge in [-0.3, -0.25) is 0 Å². The molecule has 0 fully saturated rings. The van der Waals surface area contributed by atoms with E-state index >= 15 is 0 Å². The Labute approximate surface area is 77.2 Å². The average Bonchev–Trinajstić information content (AvgIpc) is 1.21. The fourth-order valence-electron chi connectivity index (χ4n) is 0.289. The molecular weight excluding hydrogens is 153 g/mol. The SMILES string of the molecule is CC(C)NS(=O)(=O)[O-].[Na+]. The Bertz CT molecular complexity index is 152. The molecule has 0 bridgehead atoms. The summed E-state index contributed by atoms with van der Waals surface area (Å²) in [5.41, 5.74) is 0. The molecule has 0 aromatic carbocycles. The fourth-order valence-corrected chi connectivity index (χ4v) is 0.866. The van der Waals surface area contributed by atoms with Gasteiger partial charge in [0.1, 0.15) is 0 Å². The van der Waals surface area contributed by atoms with Crippen LogP contribution >= 0.6 is 0 Å². The topological polar surface area (TPSA) is 69.2 Å². The van der Waals surface area contributed by atoms with E-state index in [0.29, 0.717) is 0 Å². The summed E-state index contributed by atoms with van der Waals surface area (Å²) >= 11 is 0. The molecule has 9 heavy (non-hydrogen) atoms. The van der Waals surface area contributed by atoms with Crippen LogP contribution in [0.4, 0.5) is 0 Å². The van der Waals surface area contributed by atoms with E-state index in [1.54, 1.807) is 18.6 Å². The van der Waals surface area contributed by atoms with Gasteiger partial charge >= 0.3 is 29.6 Å². The van der Waals surface area contributed by atoms with Crippen molar-refractivity contribution in [1.82, 2.24) is 4.72 Å². The van der Waals surface area contributed by atoms with Crippen LogP contribution in [0.5, 0.6) is 0 Å². The van der Waals surface area contributed by atoms with Crippen LogP contribution in [0.1, 0.15) is 13.8 Å². The zero-order valence-corrected chi connectivity index (χ0v) is 8.53. The van der Waals surface area contributed by atoms with E-state index in [1.807, 2.05) is 0 Å². The summed E-state index contributed by atoms with van der Waals surface area (Å²) in [7, 11) is -4.22. The van der Waals surface area contributed by atoms with Crippen LogP contribution in [0.2, 0.25) is 0 Å². The molecule has 0 saturated carbocycles. The summed E-state index contributed by atoms with van der Waals surface area (Å²) in [6, 6.07) is -0.308. The largest absolute Gasteiger partial charge is 1.00 e. The van der Waals surface area contributed by atoms with Crippen LogP contribution in [-0.4, -0.2) is 19.0 Å². The van der Waals surface area contributed by atoms with Crippen LogP contribution in [0.25, 0.3) is 0 Å². The third-order valence-electron chi connectivity index (χ3n) is 0.380. The molecule has 0 unspecified atom stereocenters. The molecule has 0 aromatic rings. The van der Waals surface area contributed by atoms with Crippen molar-refractivity contribution in [2.24, 2.45) is 0 Å². The van der Waals surface area contributed by atoms with Crippen LogP contribution in [0, 0.1) is 0 Å². The average molecular weight is 161 g/mol. The summed E-state index contributed by atoms with van der Waals surface area (Å²) in [6.07, 6.45) is 0. The van der Waals surface area contributed by atoms with Crippen molar-refractivity contribution in [3.05, 3.63) is 0 Å². The van der Waals surface area contributed by atoms with Gasteiger partial charge in [0.15, 0.2) is 10.3 Å². The maximum absolute atomic E-state index is 9.78. The zero-order chi connectivity index (χ0) is 6.78. The maximum Gasteiger partial charge on any atom is 1.00 e. The summed E-state index contributed by atoms with van der Waals surface area (Å²) in [6.45, 7) is 3.16. The Morgan fingerprint density at radius 1 is 1.44 bits per heavy atom. The van der Waals surface area contributed by atoms with E-state index in [4.69, 9.17) is 0 Å². The summed E-state index contributed by atoms with van der Waals surface area (Å²) < 4.78 is 31.1. The summed E-state index contributed by atoms with van der Waals surface area (Å²) in [4.78, 5) is 0. The van der Waals surface area contributed by atoms with Crippen LogP contribution in [-0.2, 0) is 10.3 Å². The van der Waals surface area contributed by atoms with E-state index in [9.17, 15) is 13.0 Å². The Morgan fingerprint density at radius 2 is 1.78 bits per heavy atom. The smallest absolute Gasteiger partial charge is 0.735 e. The number of rotatable bonds is 2. The van der Waals surface area contributed by atoms with Crippen LogP contribution < -0.4 is 34.3 Å². The second-order valence-corrected chi connectivity index (χ2v) is 2.87. The van der Waals surface area contributed by atoms with E-state index in [2.05, 4.69) is 0 Å². The molecule has 0 rings (SSSR count). The van der Waals surface area contributed by atoms with Crippen molar-refractivity contribution in [3.8, 4) is 0 Å². The predicted molar refractivity (Wildman–Crippen MR) is 28.0 cm³/mol. The Hall–Kier alpha value is 0.870. The predicted octanol–water partition coefficient (Wildman–Crippen LogP) is -3.55. The minimum Gasteiger partial charge on any atom is -0.735 e. The molecule has 0 aliphatic heterocycles. The van der Waals surface area contributed by atoms with Gasteiger partial charge in [0, 0.05) is 6.04 Å². The van der Waals surface area contributed by atoms with Gasteiger partial charge in [0.2, 0.25) is 0 Å². The van der Waals surface area contributed by atoms with Crippen molar-refractivity contribution in [1.29, 1.82) is 0 Å². The number of hydrogen-bond acceptors (Lipinski definition) is 3. The number of nitrogens with one attached hydrogen (secondary N) is 1. The van der Waals surface area contributed by atoms with Crippen molar-refractivity contribution in [3.63, 3.8) is 0 Å². The van der Waals surface area contributed by atoms with Crippen molar-refractivity contribution >= 4 is 10.3 Å². The monoisotopic (exact) mass is 161 g/mol. The van der Waals surface area contributed by atoms with Gasteiger partial charge in [0.05, 0.1) is 0 Å². The van der Waals surface area contributed by atoms with Gasteiger partial charge in [-0.1, -0.05) is 0 Å². The maximum atomic E-state index is 9.78. The Morgan fingerprint density at radius 3 is 1.78 bits per heavy atom. The molecule has 4 nitrogen and oxygen atoms in total. The van der Waals surface area contributed by atoms with Crippen molar-refractivity contribution in [2.45, 2.75) is 19.9 Å². The molecular formula is C3H8NNaO3S. The van der Waals surface area contributed by atoms with Gasteiger partial charge in [-0.25, -0.2) is 13.1 Å². The molecule has 50 valence electrons. The zero-order valence-electron chi connectivity index (χ0n) is 5.71. The molecule has 6 heteroatoms. The quantitative estimate of drug-likeness (QED) is 0.337. The minimum absolute atomic E-state index is 0. The van der Waals surface area contributed by atoms with E-state index in [-0.39, 0.29) is 35.6 Å². The van der Waals surface area contributed by atoms with Gasteiger partial charge in [-0.15, -0.1) is 0 Å². The first-order valence-electron chi connectivity index (χ1n) is 2.15. The molecule has 0 spiro atoms. The first-order valence-corrected chi connectivity index (χ1v) is 3.56. The van der Waals surface area contributed by atoms with Crippen LogP contribution in [0.15, 0.2) is 0 Å². The molecule has 0 aromatic heterocycles. The van der Waals surface area contributed by atoms with E-state index in [0.717, 1.165) is 0 Å². The third-order valence-corrected chi connectivity index (χ3v) is 1.14. The summed E-state index contributed by atoms with van der Waals surface area (Å²) in [5, 5.41) is 0. The Balaban J connectivity index is 0. The minimum atomic E-state index is -4.22. The Kier molecular flexibility index (Phi) is 6.48. The van der Waals surface area contributed by atoms with Crippen molar-refractivity contribution in [2.75, 3.05) is 0 Å². The van der Waals surface area contributed by atoms with E-state index in [1.165, 1.54) is 0 Å².